The van der Waals surface area contributed by atoms with Gasteiger partial charge in [0.2, 0.25) is 0 Å². The Balaban J connectivity index is 4.35. The van der Waals surface area contributed by atoms with Crippen molar-refractivity contribution in [2.24, 2.45) is 0 Å². The normalized spacial score (nSPS) is 15.6. The van der Waals surface area contributed by atoms with Gasteiger partial charge in [0.05, 0.1) is 0 Å². The van der Waals surface area contributed by atoms with Crippen molar-refractivity contribution < 1.29 is 13.9 Å². The van der Waals surface area contributed by atoms with E-state index in [9.17, 15) is 0 Å². The van der Waals surface area contributed by atoms with Crippen LogP contribution in [0.15, 0.2) is 0 Å². The minimum atomic E-state index is -1.48. The summed E-state index contributed by atoms with van der Waals surface area (Å²) in [5.74, 6) is 0. The molecule has 0 saturated carbocycles. The van der Waals surface area contributed by atoms with Gasteiger partial charge in [-0.1, -0.05) is 0 Å². The summed E-state index contributed by atoms with van der Waals surface area (Å²) < 4.78 is 17.3. The van der Waals surface area contributed by atoms with Crippen LogP contribution in [0.25, 0.3) is 0 Å². The van der Waals surface area contributed by atoms with Crippen molar-refractivity contribution in [1.82, 2.24) is 4.90 Å². The summed E-state index contributed by atoms with van der Waals surface area (Å²) >= 11 is 0. The van der Waals surface area contributed by atoms with Crippen molar-refractivity contribution in [3.05, 3.63) is 0 Å². The highest BCUT2D eigenvalue weighted by molar-refractivity contribution is 6.71. The molecule has 5 heteroatoms. The molecule has 0 bridgehead atoms. The second-order valence-corrected chi connectivity index (χ2v) is 9.95. The molecule has 0 rings (SSSR count). The fourth-order valence-corrected chi connectivity index (χ4v) is 4.42. The maximum absolute atomic E-state index is 5.88. The summed E-state index contributed by atoms with van der Waals surface area (Å²) in [6.45, 7) is 18.2. The minimum Gasteiger partial charge on any atom is -0.418 e. The van der Waals surface area contributed by atoms with Crippen molar-refractivity contribution in [3.63, 3.8) is 0 Å². The second-order valence-electron chi connectivity index (χ2n) is 5.64. The van der Waals surface area contributed by atoms with Crippen molar-refractivity contribution in [3.8, 4) is 0 Å². The quantitative estimate of drug-likeness (QED) is 0.406. The van der Waals surface area contributed by atoms with Gasteiger partial charge in [0.25, 0.3) is 0 Å². The summed E-state index contributed by atoms with van der Waals surface area (Å²) in [5.41, 5.74) is 0. The van der Waals surface area contributed by atoms with Crippen molar-refractivity contribution >= 4 is 8.32 Å². The molecule has 122 valence electrons. The maximum Gasteiger partial charge on any atom is 0.186 e. The first-order chi connectivity index (χ1) is 9.37. The number of rotatable bonds is 12. The van der Waals surface area contributed by atoms with Crippen LogP contribution in [0.2, 0.25) is 19.1 Å². The Morgan fingerprint density at radius 1 is 0.900 bits per heavy atom. The van der Waals surface area contributed by atoms with Gasteiger partial charge in [0.15, 0.2) is 8.32 Å². The highest BCUT2D eigenvalue weighted by Crippen LogP contribution is 2.16. The van der Waals surface area contributed by atoms with E-state index in [4.69, 9.17) is 13.9 Å². The van der Waals surface area contributed by atoms with E-state index in [1.807, 2.05) is 13.8 Å². The third kappa shape index (κ3) is 8.37. The molecular formula is C15H35NO3Si. The molecule has 2 unspecified atom stereocenters. The van der Waals surface area contributed by atoms with Gasteiger partial charge in [-0.25, -0.2) is 0 Å². The molecule has 0 radical (unpaired) electrons. The molecule has 0 aromatic carbocycles. The maximum atomic E-state index is 5.88. The standard InChI is InChI=1S/C15H35NO3Si/c1-8-17-14(4)16(15(5)18-9-2)12-11-13-20(6,7)19-10-3/h14-15H,8-13H2,1-7H3. The van der Waals surface area contributed by atoms with Gasteiger partial charge < -0.3 is 13.9 Å². The van der Waals surface area contributed by atoms with E-state index in [-0.39, 0.29) is 12.5 Å². The molecule has 0 amide bonds. The first-order valence-electron chi connectivity index (χ1n) is 8.00. The zero-order valence-electron chi connectivity index (χ0n) is 14.6. The van der Waals surface area contributed by atoms with E-state index in [1.54, 1.807) is 0 Å². The minimum absolute atomic E-state index is 0.0958. The van der Waals surface area contributed by atoms with Crippen LogP contribution in [0.4, 0.5) is 0 Å². The largest absolute Gasteiger partial charge is 0.418 e. The third-order valence-electron chi connectivity index (χ3n) is 3.48. The Bertz CT molecular complexity index is 227. The molecule has 0 saturated heterocycles. The van der Waals surface area contributed by atoms with E-state index < -0.39 is 8.32 Å². The van der Waals surface area contributed by atoms with Crippen molar-refractivity contribution in [1.29, 1.82) is 0 Å². The number of ether oxygens (including phenoxy) is 2. The monoisotopic (exact) mass is 305 g/mol. The van der Waals surface area contributed by atoms with E-state index >= 15 is 0 Å². The first kappa shape index (κ1) is 20.1. The van der Waals surface area contributed by atoms with Gasteiger partial charge in [0.1, 0.15) is 12.5 Å². The van der Waals surface area contributed by atoms with Crippen LogP contribution >= 0.6 is 0 Å². The number of nitrogens with zero attached hydrogens (tertiary/aromatic N) is 1. The highest BCUT2D eigenvalue weighted by atomic mass is 28.4. The van der Waals surface area contributed by atoms with Gasteiger partial charge in [-0.05, 0) is 60.2 Å². The van der Waals surface area contributed by atoms with Gasteiger partial charge in [-0.3, -0.25) is 4.90 Å². The lowest BCUT2D eigenvalue weighted by atomic mass is 10.3. The van der Waals surface area contributed by atoms with Gasteiger partial charge in [-0.15, -0.1) is 0 Å². The molecular weight excluding hydrogens is 270 g/mol. The number of hydrogen-bond acceptors (Lipinski definition) is 4. The summed E-state index contributed by atoms with van der Waals surface area (Å²) in [6, 6.07) is 1.18. The molecule has 2 atom stereocenters. The molecule has 0 N–H and O–H groups in total. The predicted octanol–water partition coefficient (Wildman–Crippen LogP) is 3.69. The van der Waals surface area contributed by atoms with Gasteiger partial charge in [-0.2, -0.15) is 0 Å². The zero-order valence-corrected chi connectivity index (χ0v) is 15.6. The molecule has 0 aromatic heterocycles. The Labute approximate surface area is 126 Å². The molecule has 0 aliphatic rings. The molecule has 0 aliphatic heterocycles. The lowest BCUT2D eigenvalue weighted by Crippen LogP contribution is -2.44. The summed E-state index contributed by atoms with van der Waals surface area (Å²) in [5, 5.41) is 0. The molecule has 0 aliphatic carbocycles. The van der Waals surface area contributed by atoms with Crippen molar-refractivity contribution in [2.75, 3.05) is 26.4 Å². The molecule has 20 heavy (non-hydrogen) atoms. The van der Waals surface area contributed by atoms with Crippen molar-refractivity contribution in [2.45, 2.75) is 72.6 Å². The molecule has 0 spiro atoms. The summed E-state index contributed by atoms with van der Waals surface area (Å²) in [6.07, 6.45) is 1.32. The number of hydrogen-bond donors (Lipinski definition) is 0. The molecule has 4 nitrogen and oxygen atoms in total. The zero-order chi connectivity index (χ0) is 15.6. The molecule has 0 heterocycles. The SMILES string of the molecule is CCOC(C)N(CCC[Si](C)(C)OCC)C(C)OCC. The van der Waals surface area contributed by atoms with E-state index in [0.717, 1.165) is 32.8 Å². The smallest absolute Gasteiger partial charge is 0.186 e. The topological polar surface area (TPSA) is 30.9 Å². The lowest BCUT2D eigenvalue weighted by molar-refractivity contribution is -0.136. The van der Waals surface area contributed by atoms with E-state index in [2.05, 4.69) is 38.8 Å². The van der Waals surface area contributed by atoms with Crippen LogP contribution in [0.5, 0.6) is 0 Å². The van der Waals surface area contributed by atoms with Crippen LogP contribution in [0.3, 0.4) is 0 Å². The summed E-state index contributed by atoms with van der Waals surface area (Å²) in [7, 11) is -1.48. The van der Waals surface area contributed by atoms with E-state index in [0.29, 0.717) is 0 Å². The molecule has 0 fully saturated rings. The average Bonchev–Trinajstić information content (AvgIpc) is 2.34. The Hall–Kier alpha value is 0.0569. The lowest BCUT2D eigenvalue weighted by Gasteiger charge is -2.34. The van der Waals surface area contributed by atoms with Crippen LogP contribution in [-0.4, -0.2) is 52.0 Å². The highest BCUT2D eigenvalue weighted by Gasteiger charge is 2.24. The fourth-order valence-electron chi connectivity index (χ4n) is 2.48. The first-order valence-corrected chi connectivity index (χ1v) is 11.1. The second kappa shape index (κ2) is 10.7. The van der Waals surface area contributed by atoms with Crippen LogP contribution in [-0.2, 0) is 13.9 Å². The van der Waals surface area contributed by atoms with Crippen LogP contribution < -0.4 is 0 Å². The average molecular weight is 306 g/mol. The van der Waals surface area contributed by atoms with Crippen LogP contribution in [0, 0.1) is 0 Å². The van der Waals surface area contributed by atoms with E-state index in [1.165, 1.54) is 6.04 Å². The fraction of sp³-hybridized carbons (Fsp3) is 1.00. The Morgan fingerprint density at radius 2 is 1.40 bits per heavy atom. The summed E-state index contributed by atoms with van der Waals surface area (Å²) in [4.78, 5) is 2.30. The molecule has 0 aromatic rings. The third-order valence-corrected chi connectivity index (χ3v) is 6.11. The predicted molar refractivity (Wildman–Crippen MR) is 87.4 cm³/mol. The van der Waals surface area contributed by atoms with Gasteiger partial charge in [0, 0.05) is 26.4 Å². The Morgan fingerprint density at radius 3 is 1.80 bits per heavy atom. The van der Waals surface area contributed by atoms with Crippen LogP contribution in [0.1, 0.15) is 41.0 Å². The Kier molecular flexibility index (Phi) is 10.8. The van der Waals surface area contributed by atoms with Gasteiger partial charge >= 0.3 is 0 Å².